The largest absolute Gasteiger partial charge is 4.00 e. The van der Waals surface area contributed by atoms with Crippen LogP contribution in [0.4, 0.5) is 0 Å². The summed E-state index contributed by atoms with van der Waals surface area (Å²) in [6, 6.07) is 0. The van der Waals surface area contributed by atoms with Gasteiger partial charge >= 0.3 is 26.2 Å². The monoisotopic (exact) mass is 290 g/mol. The van der Waals surface area contributed by atoms with E-state index < -0.39 is 0 Å². The zero-order valence-electron chi connectivity index (χ0n) is 8.09. The Balaban J connectivity index is -0.000000360. The third kappa shape index (κ3) is 5.83. The third-order valence-electron chi connectivity index (χ3n) is 1.97. The molecule has 0 saturated heterocycles. The van der Waals surface area contributed by atoms with E-state index in [0.29, 0.717) is 0 Å². The second-order valence-electron chi connectivity index (χ2n) is 2.89. The standard InChI is InChI=1S/C11H11.3FH.Zr/c1-2-6-10(5-1)9-11-7-3-4-8-11;;;;/h1-5,7,9H,6,8H2;3*1H;/q-1;;;;+4/p-3. The number of allylic oxidation sites excluding steroid dienone is 8. The van der Waals surface area contributed by atoms with Crippen molar-refractivity contribution in [3.05, 3.63) is 54.0 Å². The van der Waals surface area contributed by atoms with E-state index in [1.807, 2.05) is 0 Å². The fourth-order valence-electron chi connectivity index (χ4n) is 1.38. The quantitative estimate of drug-likeness (QED) is 0.445. The molecule has 0 radical (unpaired) electrons. The fraction of sp³-hybridized carbons (Fsp3) is 0.182. The molecule has 2 aliphatic carbocycles. The van der Waals surface area contributed by atoms with Gasteiger partial charge in [-0.25, -0.2) is 0 Å². The van der Waals surface area contributed by atoms with Gasteiger partial charge in [-0.2, -0.15) is 29.7 Å². The molecule has 0 bridgehead atoms. The van der Waals surface area contributed by atoms with Crippen molar-refractivity contribution in [3.8, 4) is 0 Å². The van der Waals surface area contributed by atoms with Gasteiger partial charge in [-0.05, 0) is 12.8 Å². The number of hydrogen-bond acceptors (Lipinski definition) is 0. The van der Waals surface area contributed by atoms with E-state index in [4.69, 9.17) is 0 Å². The summed E-state index contributed by atoms with van der Waals surface area (Å²) in [5.41, 5.74) is 2.86. The molecule has 0 aliphatic heterocycles. The summed E-state index contributed by atoms with van der Waals surface area (Å²) in [5.74, 6) is 0. The Morgan fingerprint density at radius 3 is 1.47 bits per heavy atom. The Labute approximate surface area is 107 Å². The van der Waals surface area contributed by atoms with Gasteiger partial charge in [0.25, 0.3) is 0 Å². The summed E-state index contributed by atoms with van der Waals surface area (Å²) in [4.78, 5) is 0. The second-order valence-corrected chi connectivity index (χ2v) is 2.89. The molecule has 0 aromatic carbocycles. The predicted octanol–water partition coefficient (Wildman–Crippen LogP) is -6.03. The summed E-state index contributed by atoms with van der Waals surface area (Å²) in [5, 5.41) is 0. The Morgan fingerprint density at radius 2 is 1.20 bits per heavy atom. The van der Waals surface area contributed by atoms with E-state index in [2.05, 4.69) is 42.9 Å². The second kappa shape index (κ2) is 10.0. The molecule has 0 spiro atoms. The molecule has 0 unspecified atom stereocenters. The van der Waals surface area contributed by atoms with Gasteiger partial charge in [-0.1, -0.05) is 12.2 Å². The van der Waals surface area contributed by atoms with E-state index >= 15 is 0 Å². The van der Waals surface area contributed by atoms with Crippen LogP contribution in [-0.4, -0.2) is 0 Å². The van der Waals surface area contributed by atoms with Crippen LogP contribution in [0.5, 0.6) is 0 Å². The van der Waals surface area contributed by atoms with Gasteiger partial charge in [-0.3, -0.25) is 0 Å². The van der Waals surface area contributed by atoms with E-state index in [0.717, 1.165) is 12.8 Å². The average molecular weight is 291 g/mol. The van der Waals surface area contributed by atoms with E-state index in [9.17, 15) is 0 Å². The first-order valence-electron chi connectivity index (χ1n) is 4.01. The molecule has 0 atom stereocenters. The van der Waals surface area contributed by atoms with E-state index in [1.165, 1.54) is 11.1 Å². The number of halogens is 3. The van der Waals surface area contributed by atoms with Crippen LogP contribution in [0.1, 0.15) is 12.8 Å². The van der Waals surface area contributed by atoms with Crippen molar-refractivity contribution in [3.63, 3.8) is 0 Å². The SMILES string of the molecule is C1=CCC([CH-]C2=CC=CC2)=C1.[F-].[F-].[F-].[Zr+4]. The first-order chi connectivity index (χ1) is 5.45. The molecule has 2 aliphatic rings. The molecule has 0 aromatic heterocycles. The Morgan fingerprint density at radius 1 is 0.800 bits per heavy atom. The average Bonchev–Trinajstić information content (AvgIpc) is 2.60. The topological polar surface area (TPSA) is 0 Å². The van der Waals surface area contributed by atoms with Crippen LogP contribution in [0.3, 0.4) is 0 Å². The van der Waals surface area contributed by atoms with E-state index in [-0.39, 0.29) is 40.3 Å². The zero-order valence-corrected chi connectivity index (χ0v) is 10.5. The van der Waals surface area contributed by atoms with Crippen LogP contribution in [0.15, 0.2) is 47.6 Å². The normalized spacial score (nSPS) is 14.9. The molecule has 80 valence electrons. The molecule has 0 N–H and O–H groups in total. The molecule has 15 heavy (non-hydrogen) atoms. The van der Waals surface area contributed by atoms with Crippen molar-refractivity contribution in [1.29, 1.82) is 0 Å². The van der Waals surface area contributed by atoms with Crippen molar-refractivity contribution in [2.45, 2.75) is 12.8 Å². The molecule has 2 rings (SSSR count). The van der Waals surface area contributed by atoms with Crippen LogP contribution < -0.4 is 14.1 Å². The van der Waals surface area contributed by atoms with Gasteiger partial charge in [0, 0.05) is 0 Å². The molecule has 0 nitrogen and oxygen atoms in total. The van der Waals surface area contributed by atoms with Gasteiger partial charge < -0.3 is 14.1 Å². The first kappa shape index (κ1) is 20.0. The van der Waals surface area contributed by atoms with Crippen LogP contribution in [0.2, 0.25) is 0 Å². The molecule has 4 heteroatoms. The molecule has 0 fully saturated rings. The smallest absolute Gasteiger partial charge is 1.00 e. The Bertz CT molecular complexity index is 250. The van der Waals surface area contributed by atoms with Gasteiger partial charge in [0.05, 0.1) is 0 Å². The molecule has 0 aromatic rings. The summed E-state index contributed by atoms with van der Waals surface area (Å²) >= 11 is 0. The number of hydrogen-bond donors (Lipinski definition) is 0. The molecule has 0 saturated carbocycles. The summed E-state index contributed by atoms with van der Waals surface area (Å²) in [7, 11) is 0. The summed E-state index contributed by atoms with van der Waals surface area (Å²) < 4.78 is 0. The molecular formula is C11H11F3Zr. The van der Waals surface area contributed by atoms with Crippen LogP contribution in [-0.2, 0) is 26.2 Å². The Hall–Kier alpha value is -0.497. The minimum Gasteiger partial charge on any atom is -1.00 e. The molecule has 0 heterocycles. The van der Waals surface area contributed by atoms with Gasteiger partial charge in [-0.15, -0.1) is 12.2 Å². The van der Waals surface area contributed by atoms with Crippen molar-refractivity contribution in [1.82, 2.24) is 0 Å². The maximum atomic E-state index is 2.28. The van der Waals surface area contributed by atoms with Crippen molar-refractivity contribution >= 4 is 0 Å². The van der Waals surface area contributed by atoms with Gasteiger partial charge in [0.15, 0.2) is 0 Å². The van der Waals surface area contributed by atoms with E-state index in [1.54, 1.807) is 0 Å². The van der Waals surface area contributed by atoms with Crippen LogP contribution >= 0.6 is 0 Å². The minimum absolute atomic E-state index is 0. The zero-order chi connectivity index (χ0) is 7.52. The van der Waals surface area contributed by atoms with Crippen LogP contribution in [0, 0.1) is 6.42 Å². The molecule has 0 amide bonds. The number of rotatable bonds is 2. The van der Waals surface area contributed by atoms with Gasteiger partial charge in [0.2, 0.25) is 0 Å². The van der Waals surface area contributed by atoms with Crippen LogP contribution in [0.25, 0.3) is 0 Å². The van der Waals surface area contributed by atoms with Gasteiger partial charge in [0.1, 0.15) is 0 Å². The first-order valence-corrected chi connectivity index (χ1v) is 4.01. The third-order valence-corrected chi connectivity index (χ3v) is 1.97. The van der Waals surface area contributed by atoms with Crippen molar-refractivity contribution < 1.29 is 40.3 Å². The maximum Gasteiger partial charge on any atom is 4.00 e. The molecular weight excluding hydrogens is 280 g/mol. The predicted molar refractivity (Wildman–Crippen MR) is 48.0 cm³/mol. The minimum atomic E-state index is 0. The Kier molecular flexibility index (Phi) is 13.4. The van der Waals surface area contributed by atoms with Crippen molar-refractivity contribution in [2.75, 3.05) is 0 Å². The maximum absolute atomic E-state index is 2.28. The summed E-state index contributed by atoms with van der Waals surface area (Å²) in [6.45, 7) is 0. The fourth-order valence-corrected chi connectivity index (χ4v) is 1.38. The van der Waals surface area contributed by atoms with Crippen molar-refractivity contribution in [2.24, 2.45) is 0 Å². The summed E-state index contributed by atoms with van der Waals surface area (Å²) in [6.07, 6.45) is 17.5.